The van der Waals surface area contributed by atoms with Crippen molar-refractivity contribution >= 4 is 16.6 Å². The van der Waals surface area contributed by atoms with E-state index in [-0.39, 0.29) is 11.3 Å². The monoisotopic (exact) mass is 286 g/mol. The lowest BCUT2D eigenvalue weighted by Gasteiger charge is -2.29. The van der Waals surface area contributed by atoms with E-state index in [1.807, 2.05) is 19.1 Å². The van der Waals surface area contributed by atoms with Gasteiger partial charge in [0.25, 0.3) is 0 Å². The molecular weight excluding hydrogens is 264 g/mol. The molecule has 0 unspecified atom stereocenters. The molecule has 2 aromatic rings. The summed E-state index contributed by atoms with van der Waals surface area (Å²) in [4.78, 5) is 18.4. The highest BCUT2D eigenvalue weighted by atomic mass is 16.5. The van der Waals surface area contributed by atoms with E-state index in [4.69, 9.17) is 4.74 Å². The summed E-state index contributed by atoms with van der Waals surface area (Å²) < 4.78 is 5.39. The Balaban J connectivity index is 2.13. The zero-order chi connectivity index (χ0) is 15.0. The van der Waals surface area contributed by atoms with E-state index in [1.54, 1.807) is 0 Å². The fraction of sp³-hybridized carbons (Fsp3) is 0.471. The van der Waals surface area contributed by atoms with Gasteiger partial charge in [0.05, 0.1) is 13.2 Å². The van der Waals surface area contributed by atoms with Crippen molar-refractivity contribution in [1.29, 1.82) is 0 Å². The highest BCUT2D eigenvalue weighted by Gasteiger charge is 2.15. The summed E-state index contributed by atoms with van der Waals surface area (Å²) in [5, 5.41) is 0.785. The number of anilines is 1. The first-order valence-electron chi connectivity index (χ1n) is 7.57. The average molecular weight is 286 g/mol. The van der Waals surface area contributed by atoms with Gasteiger partial charge in [0.15, 0.2) is 5.43 Å². The first-order valence-corrected chi connectivity index (χ1v) is 7.57. The van der Waals surface area contributed by atoms with Crippen molar-refractivity contribution in [2.24, 2.45) is 0 Å². The van der Waals surface area contributed by atoms with Gasteiger partial charge in [-0.3, -0.25) is 4.79 Å². The number of aryl methyl sites for hydroxylation is 1. The molecule has 0 spiro atoms. The summed E-state index contributed by atoms with van der Waals surface area (Å²) >= 11 is 0. The smallest absolute Gasteiger partial charge is 0.193 e. The molecule has 0 bridgehead atoms. The van der Waals surface area contributed by atoms with Crippen LogP contribution in [0.1, 0.15) is 31.0 Å². The quantitative estimate of drug-likeness (QED) is 0.923. The lowest BCUT2D eigenvalue weighted by Crippen LogP contribution is -2.36. The van der Waals surface area contributed by atoms with Crippen LogP contribution >= 0.6 is 0 Å². The van der Waals surface area contributed by atoms with E-state index >= 15 is 0 Å². The molecule has 1 saturated heterocycles. The normalized spacial score (nSPS) is 15.9. The van der Waals surface area contributed by atoms with Crippen molar-refractivity contribution in [2.75, 3.05) is 31.2 Å². The Hall–Kier alpha value is -1.81. The molecule has 112 valence electrons. The first-order chi connectivity index (χ1) is 10.1. The van der Waals surface area contributed by atoms with E-state index in [0.717, 1.165) is 54.2 Å². The van der Waals surface area contributed by atoms with Crippen LogP contribution in [-0.4, -0.2) is 31.3 Å². The number of nitrogens with one attached hydrogen (secondary N) is 1. The number of aromatic amines is 1. The van der Waals surface area contributed by atoms with Crippen LogP contribution in [0, 0.1) is 6.92 Å². The van der Waals surface area contributed by atoms with Crippen LogP contribution in [0.4, 0.5) is 5.69 Å². The molecule has 21 heavy (non-hydrogen) atoms. The largest absolute Gasteiger partial charge is 0.378 e. The minimum Gasteiger partial charge on any atom is -0.378 e. The third-order valence-corrected chi connectivity index (χ3v) is 4.17. The fourth-order valence-electron chi connectivity index (χ4n) is 3.13. The van der Waals surface area contributed by atoms with Crippen LogP contribution < -0.4 is 10.3 Å². The van der Waals surface area contributed by atoms with Crippen LogP contribution in [-0.2, 0) is 4.74 Å². The molecule has 0 saturated carbocycles. The van der Waals surface area contributed by atoms with Crippen molar-refractivity contribution < 1.29 is 4.74 Å². The highest BCUT2D eigenvalue weighted by Crippen LogP contribution is 2.23. The fourth-order valence-corrected chi connectivity index (χ4v) is 3.13. The van der Waals surface area contributed by atoms with Gasteiger partial charge < -0.3 is 14.6 Å². The number of fused-ring (bicyclic) bond motifs is 1. The predicted octanol–water partition coefficient (Wildman–Crippen LogP) is 2.80. The van der Waals surface area contributed by atoms with Gasteiger partial charge >= 0.3 is 0 Å². The Morgan fingerprint density at radius 1 is 1.24 bits per heavy atom. The zero-order valence-corrected chi connectivity index (χ0v) is 12.9. The van der Waals surface area contributed by atoms with Gasteiger partial charge in [0.2, 0.25) is 0 Å². The van der Waals surface area contributed by atoms with Gasteiger partial charge in [0.1, 0.15) is 0 Å². The number of hydrogen-bond acceptors (Lipinski definition) is 3. The zero-order valence-electron chi connectivity index (χ0n) is 12.9. The van der Waals surface area contributed by atoms with Gasteiger partial charge in [-0.2, -0.15) is 0 Å². The van der Waals surface area contributed by atoms with Crippen LogP contribution in [0.2, 0.25) is 0 Å². The average Bonchev–Trinajstić information content (AvgIpc) is 2.47. The molecule has 0 atom stereocenters. The van der Waals surface area contributed by atoms with Crippen LogP contribution in [0.25, 0.3) is 10.9 Å². The third kappa shape index (κ3) is 2.56. The highest BCUT2D eigenvalue weighted by molar-refractivity contribution is 5.83. The summed E-state index contributed by atoms with van der Waals surface area (Å²) in [5.41, 5.74) is 4.04. The molecule has 1 aromatic carbocycles. The Morgan fingerprint density at radius 3 is 2.62 bits per heavy atom. The lowest BCUT2D eigenvalue weighted by atomic mass is 9.98. The summed E-state index contributed by atoms with van der Waals surface area (Å²) in [6.07, 6.45) is 0. The van der Waals surface area contributed by atoms with Gasteiger partial charge in [-0.15, -0.1) is 0 Å². The molecule has 2 heterocycles. The summed E-state index contributed by atoms with van der Waals surface area (Å²) in [6, 6.07) is 6.11. The van der Waals surface area contributed by atoms with Gasteiger partial charge in [-0.25, -0.2) is 0 Å². The molecule has 4 heteroatoms. The molecule has 0 amide bonds. The number of pyridine rings is 1. The molecular formula is C17H22N2O2. The number of morpholine rings is 1. The molecule has 1 aliphatic rings. The number of nitrogens with zero attached hydrogens (tertiary/aromatic N) is 1. The molecule has 1 aliphatic heterocycles. The Bertz CT molecular complexity index is 713. The molecule has 1 fully saturated rings. The maximum atomic E-state index is 12.8. The summed E-state index contributed by atoms with van der Waals surface area (Å²) in [7, 11) is 0. The Labute approximate surface area is 124 Å². The maximum Gasteiger partial charge on any atom is 0.193 e. The molecule has 0 aliphatic carbocycles. The van der Waals surface area contributed by atoms with Gasteiger partial charge in [0, 0.05) is 40.9 Å². The van der Waals surface area contributed by atoms with Crippen LogP contribution in [0.3, 0.4) is 0 Å². The molecule has 0 radical (unpaired) electrons. The topological polar surface area (TPSA) is 45.3 Å². The molecule has 3 rings (SSSR count). The Kier molecular flexibility index (Phi) is 3.72. The number of ether oxygens (including phenoxy) is 1. The van der Waals surface area contributed by atoms with Crippen molar-refractivity contribution in [3.63, 3.8) is 0 Å². The lowest BCUT2D eigenvalue weighted by molar-refractivity contribution is 0.122. The SMILES string of the molecule is Cc1[nH]c2ccc(N3CCOCC3)cc2c(=O)c1C(C)C. The second kappa shape index (κ2) is 5.53. The molecule has 4 nitrogen and oxygen atoms in total. The van der Waals surface area contributed by atoms with E-state index in [2.05, 4.69) is 29.8 Å². The number of hydrogen-bond donors (Lipinski definition) is 1. The third-order valence-electron chi connectivity index (χ3n) is 4.17. The van der Waals surface area contributed by atoms with Gasteiger partial charge in [-0.05, 0) is 31.0 Å². The van der Waals surface area contributed by atoms with Crippen molar-refractivity contribution in [2.45, 2.75) is 26.7 Å². The number of aromatic nitrogens is 1. The van der Waals surface area contributed by atoms with E-state index < -0.39 is 0 Å². The second-order valence-electron chi connectivity index (χ2n) is 5.98. The number of benzene rings is 1. The van der Waals surface area contributed by atoms with Crippen molar-refractivity contribution in [3.8, 4) is 0 Å². The van der Waals surface area contributed by atoms with E-state index in [1.165, 1.54) is 0 Å². The minimum atomic E-state index is 0.159. The standard InChI is InChI=1S/C17H22N2O2/c1-11(2)16-12(3)18-15-5-4-13(10-14(15)17(16)20)19-6-8-21-9-7-19/h4-5,10-11H,6-9H2,1-3H3,(H,18,20). The van der Waals surface area contributed by atoms with E-state index in [9.17, 15) is 4.79 Å². The molecule has 1 N–H and O–H groups in total. The summed E-state index contributed by atoms with van der Waals surface area (Å²) in [6.45, 7) is 9.37. The number of rotatable bonds is 2. The van der Waals surface area contributed by atoms with Gasteiger partial charge in [-0.1, -0.05) is 13.8 Å². The van der Waals surface area contributed by atoms with Crippen LogP contribution in [0.15, 0.2) is 23.0 Å². The van der Waals surface area contributed by atoms with Crippen LogP contribution in [0.5, 0.6) is 0 Å². The maximum absolute atomic E-state index is 12.8. The van der Waals surface area contributed by atoms with Crippen molar-refractivity contribution in [3.05, 3.63) is 39.7 Å². The molecule has 1 aromatic heterocycles. The summed E-state index contributed by atoms with van der Waals surface area (Å²) in [5.74, 6) is 0.227. The Morgan fingerprint density at radius 2 is 1.95 bits per heavy atom. The minimum absolute atomic E-state index is 0.159. The first kappa shape index (κ1) is 14.1. The predicted molar refractivity (Wildman–Crippen MR) is 86.4 cm³/mol. The number of H-pyrrole nitrogens is 1. The second-order valence-corrected chi connectivity index (χ2v) is 5.98. The van der Waals surface area contributed by atoms with Crippen molar-refractivity contribution in [1.82, 2.24) is 4.98 Å². The van der Waals surface area contributed by atoms with E-state index in [0.29, 0.717) is 0 Å².